The predicted molar refractivity (Wildman–Crippen MR) is 87.0 cm³/mol. The van der Waals surface area contributed by atoms with E-state index in [1.165, 1.54) is 30.4 Å². The summed E-state index contributed by atoms with van der Waals surface area (Å²) in [6, 6.07) is 8.82. The van der Waals surface area contributed by atoms with Crippen molar-refractivity contribution in [2.45, 2.75) is 31.6 Å². The Hall–Kier alpha value is -1.39. The molecule has 116 valence electrons. The lowest BCUT2D eigenvalue weighted by atomic mass is 9.82. The number of hydrogen-bond donors (Lipinski definition) is 2. The zero-order valence-electron chi connectivity index (χ0n) is 13.0. The first-order valence-corrected chi connectivity index (χ1v) is 7.82. The van der Waals surface area contributed by atoms with E-state index in [1.807, 2.05) is 0 Å². The SMILES string of the molecule is COCCN(CCC(=N)N)CC1CCCc2ccccc21. The number of rotatable bonds is 8. The van der Waals surface area contributed by atoms with Crippen LogP contribution in [-0.4, -0.2) is 44.1 Å². The third-order valence-corrected chi connectivity index (χ3v) is 4.28. The van der Waals surface area contributed by atoms with Gasteiger partial charge in [0.2, 0.25) is 0 Å². The molecule has 0 spiro atoms. The second-order valence-corrected chi connectivity index (χ2v) is 5.86. The van der Waals surface area contributed by atoms with E-state index in [0.29, 0.717) is 12.3 Å². The summed E-state index contributed by atoms with van der Waals surface area (Å²) in [5, 5.41) is 7.42. The van der Waals surface area contributed by atoms with Crippen LogP contribution in [0.2, 0.25) is 0 Å². The van der Waals surface area contributed by atoms with Crippen LogP contribution in [0.5, 0.6) is 0 Å². The average molecular weight is 289 g/mol. The van der Waals surface area contributed by atoms with Gasteiger partial charge in [-0.25, -0.2) is 0 Å². The van der Waals surface area contributed by atoms with E-state index in [1.54, 1.807) is 7.11 Å². The Morgan fingerprint density at radius 3 is 2.95 bits per heavy atom. The van der Waals surface area contributed by atoms with Gasteiger partial charge in [-0.2, -0.15) is 0 Å². The molecule has 1 atom stereocenters. The Labute approximate surface area is 127 Å². The van der Waals surface area contributed by atoms with Crippen molar-refractivity contribution in [3.8, 4) is 0 Å². The van der Waals surface area contributed by atoms with Gasteiger partial charge in [-0.1, -0.05) is 24.3 Å². The van der Waals surface area contributed by atoms with Crippen molar-refractivity contribution in [2.75, 3.05) is 33.4 Å². The third-order valence-electron chi connectivity index (χ3n) is 4.28. The minimum Gasteiger partial charge on any atom is -0.388 e. The van der Waals surface area contributed by atoms with E-state index in [4.69, 9.17) is 15.9 Å². The molecule has 1 unspecified atom stereocenters. The van der Waals surface area contributed by atoms with Gasteiger partial charge in [-0.05, 0) is 36.3 Å². The summed E-state index contributed by atoms with van der Waals surface area (Å²) in [5.41, 5.74) is 8.52. The van der Waals surface area contributed by atoms with Gasteiger partial charge >= 0.3 is 0 Å². The highest BCUT2D eigenvalue weighted by Gasteiger charge is 2.22. The molecular formula is C17H27N3O. The number of fused-ring (bicyclic) bond motifs is 1. The fourth-order valence-electron chi connectivity index (χ4n) is 3.15. The molecule has 0 amide bonds. The van der Waals surface area contributed by atoms with Crippen LogP contribution in [0.1, 0.15) is 36.3 Å². The molecule has 0 saturated carbocycles. The van der Waals surface area contributed by atoms with Crippen molar-refractivity contribution in [2.24, 2.45) is 5.73 Å². The Balaban J connectivity index is 2.00. The molecule has 0 fully saturated rings. The molecule has 0 aliphatic heterocycles. The van der Waals surface area contributed by atoms with Gasteiger partial charge in [0, 0.05) is 33.2 Å². The van der Waals surface area contributed by atoms with Crippen LogP contribution in [0, 0.1) is 5.41 Å². The van der Waals surface area contributed by atoms with Gasteiger partial charge in [-0.15, -0.1) is 0 Å². The molecule has 21 heavy (non-hydrogen) atoms. The maximum absolute atomic E-state index is 7.42. The van der Waals surface area contributed by atoms with Crippen LogP contribution in [0.15, 0.2) is 24.3 Å². The van der Waals surface area contributed by atoms with Crippen LogP contribution >= 0.6 is 0 Å². The van der Waals surface area contributed by atoms with Gasteiger partial charge in [0.15, 0.2) is 0 Å². The van der Waals surface area contributed by atoms with Gasteiger partial charge < -0.3 is 10.5 Å². The van der Waals surface area contributed by atoms with Crippen molar-refractivity contribution < 1.29 is 4.74 Å². The number of benzene rings is 1. The van der Waals surface area contributed by atoms with E-state index in [2.05, 4.69) is 29.2 Å². The first kappa shape index (κ1) is 16.0. The maximum atomic E-state index is 7.42. The highest BCUT2D eigenvalue weighted by Crippen LogP contribution is 2.32. The number of nitrogens with one attached hydrogen (secondary N) is 1. The van der Waals surface area contributed by atoms with Crippen LogP contribution in [0.3, 0.4) is 0 Å². The fourth-order valence-corrected chi connectivity index (χ4v) is 3.15. The second-order valence-electron chi connectivity index (χ2n) is 5.86. The summed E-state index contributed by atoms with van der Waals surface area (Å²) in [4.78, 5) is 2.39. The fraction of sp³-hybridized carbons (Fsp3) is 0.588. The van der Waals surface area contributed by atoms with Crippen molar-refractivity contribution in [3.63, 3.8) is 0 Å². The first-order chi connectivity index (χ1) is 10.2. The van der Waals surface area contributed by atoms with Crippen molar-refractivity contribution in [3.05, 3.63) is 35.4 Å². The molecule has 3 N–H and O–H groups in total. The molecular weight excluding hydrogens is 262 g/mol. The van der Waals surface area contributed by atoms with Crippen LogP contribution in [-0.2, 0) is 11.2 Å². The molecule has 2 rings (SSSR count). The molecule has 0 saturated heterocycles. The van der Waals surface area contributed by atoms with E-state index in [9.17, 15) is 0 Å². The molecule has 4 nitrogen and oxygen atoms in total. The standard InChI is InChI=1S/C17H27N3O/c1-21-12-11-20(10-9-17(18)19)13-15-7-4-6-14-5-2-3-8-16(14)15/h2-3,5,8,15H,4,6-7,9-13H2,1H3,(H3,18,19). The summed E-state index contributed by atoms with van der Waals surface area (Å²) in [6.07, 6.45) is 4.36. The molecule has 4 heteroatoms. The molecule has 0 aromatic heterocycles. The van der Waals surface area contributed by atoms with E-state index in [-0.39, 0.29) is 5.84 Å². The Morgan fingerprint density at radius 1 is 1.38 bits per heavy atom. The smallest absolute Gasteiger partial charge is 0.0918 e. The topological polar surface area (TPSA) is 62.3 Å². The van der Waals surface area contributed by atoms with Gasteiger partial charge in [0.1, 0.15) is 0 Å². The van der Waals surface area contributed by atoms with Gasteiger partial charge in [-0.3, -0.25) is 10.3 Å². The highest BCUT2D eigenvalue weighted by atomic mass is 16.5. The predicted octanol–water partition coefficient (Wildman–Crippen LogP) is 2.38. The minimum absolute atomic E-state index is 0.265. The molecule has 1 aliphatic rings. The van der Waals surface area contributed by atoms with E-state index in [0.717, 1.165) is 26.2 Å². The number of ether oxygens (including phenoxy) is 1. The quantitative estimate of drug-likeness (QED) is 0.570. The van der Waals surface area contributed by atoms with Gasteiger partial charge in [0.05, 0.1) is 12.4 Å². The summed E-state index contributed by atoms with van der Waals surface area (Å²) >= 11 is 0. The van der Waals surface area contributed by atoms with Crippen LogP contribution in [0.4, 0.5) is 0 Å². The van der Waals surface area contributed by atoms with E-state index >= 15 is 0 Å². The Morgan fingerprint density at radius 2 is 2.19 bits per heavy atom. The van der Waals surface area contributed by atoms with Crippen LogP contribution in [0.25, 0.3) is 0 Å². The Bertz CT molecular complexity index is 461. The van der Waals surface area contributed by atoms with Crippen LogP contribution < -0.4 is 5.73 Å². The molecule has 0 heterocycles. The zero-order chi connectivity index (χ0) is 15.1. The average Bonchev–Trinajstić information content (AvgIpc) is 2.50. The molecule has 1 aliphatic carbocycles. The van der Waals surface area contributed by atoms with E-state index < -0.39 is 0 Å². The Kier molecular flexibility index (Phi) is 6.21. The molecule has 0 radical (unpaired) electrons. The second kappa shape index (κ2) is 8.15. The lowest BCUT2D eigenvalue weighted by Gasteiger charge is -2.31. The highest BCUT2D eigenvalue weighted by molar-refractivity contribution is 5.76. The summed E-state index contributed by atoms with van der Waals surface area (Å²) in [6.45, 7) is 3.51. The van der Waals surface area contributed by atoms with Gasteiger partial charge in [0.25, 0.3) is 0 Å². The lowest BCUT2D eigenvalue weighted by molar-refractivity contribution is 0.143. The third kappa shape index (κ3) is 4.83. The molecule has 1 aromatic carbocycles. The minimum atomic E-state index is 0.265. The number of hydrogen-bond acceptors (Lipinski definition) is 3. The van der Waals surface area contributed by atoms with Crippen molar-refractivity contribution in [1.29, 1.82) is 5.41 Å². The number of nitrogens with zero attached hydrogens (tertiary/aromatic N) is 1. The monoisotopic (exact) mass is 289 g/mol. The summed E-state index contributed by atoms with van der Waals surface area (Å²) in [7, 11) is 1.74. The number of nitrogens with two attached hydrogens (primary N) is 1. The lowest BCUT2D eigenvalue weighted by Crippen LogP contribution is -2.35. The zero-order valence-corrected chi connectivity index (χ0v) is 13.0. The maximum Gasteiger partial charge on any atom is 0.0918 e. The normalized spacial score (nSPS) is 17.7. The largest absolute Gasteiger partial charge is 0.388 e. The first-order valence-electron chi connectivity index (χ1n) is 7.82. The van der Waals surface area contributed by atoms with Crippen molar-refractivity contribution in [1.82, 2.24) is 4.90 Å². The molecule has 0 bridgehead atoms. The number of amidine groups is 1. The summed E-state index contributed by atoms with van der Waals surface area (Å²) < 4.78 is 5.21. The number of methoxy groups -OCH3 is 1. The molecule has 1 aromatic rings. The van der Waals surface area contributed by atoms with Crippen molar-refractivity contribution >= 4 is 5.84 Å². The number of aryl methyl sites for hydroxylation is 1. The summed E-state index contributed by atoms with van der Waals surface area (Å²) in [5.74, 6) is 0.861.